The van der Waals surface area contributed by atoms with Gasteiger partial charge in [-0.2, -0.15) is 13.2 Å². The maximum Gasteiger partial charge on any atom is 0.405 e. The van der Waals surface area contributed by atoms with E-state index in [2.05, 4.69) is 0 Å². The van der Waals surface area contributed by atoms with Crippen LogP contribution in [0.15, 0.2) is 24.3 Å². The minimum absolute atomic E-state index is 0.0586. The summed E-state index contributed by atoms with van der Waals surface area (Å²) < 4.78 is 37.1. The third-order valence-electron chi connectivity index (χ3n) is 2.88. The zero-order valence-electron chi connectivity index (χ0n) is 10.7. The van der Waals surface area contributed by atoms with Crippen LogP contribution in [0.3, 0.4) is 0 Å². The predicted octanol–water partition coefficient (Wildman–Crippen LogP) is 3.49. The molecular weight excluding hydrogens is 241 g/mol. The second-order valence-electron chi connectivity index (χ2n) is 4.24. The average Bonchev–Trinajstić information content (AvgIpc) is 2.34. The zero-order valence-corrected chi connectivity index (χ0v) is 10.7. The number of nitrogens with zero attached hydrogens (tertiary/aromatic N) is 1. The molecule has 1 atom stereocenters. The van der Waals surface area contributed by atoms with E-state index < -0.39 is 12.7 Å². The Morgan fingerprint density at radius 2 is 1.72 bits per heavy atom. The van der Waals surface area contributed by atoms with Gasteiger partial charge < -0.3 is 10.6 Å². The maximum absolute atomic E-state index is 12.4. The number of anilines is 1. The molecule has 0 fully saturated rings. The minimum atomic E-state index is -4.19. The van der Waals surface area contributed by atoms with Gasteiger partial charge in [-0.1, -0.05) is 19.1 Å². The Morgan fingerprint density at radius 1 is 1.17 bits per heavy atom. The summed E-state index contributed by atoms with van der Waals surface area (Å²) in [5.41, 5.74) is 7.38. The van der Waals surface area contributed by atoms with Crippen LogP contribution in [0, 0.1) is 0 Å². The van der Waals surface area contributed by atoms with E-state index in [0.717, 1.165) is 12.0 Å². The molecule has 0 radical (unpaired) electrons. The molecule has 0 aliphatic carbocycles. The van der Waals surface area contributed by atoms with Crippen molar-refractivity contribution >= 4 is 5.69 Å². The molecule has 5 heteroatoms. The topological polar surface area (TPSA) is 29.3 Å². The van der Waals surface area contributed by atoms with Gasteiger partial charge in [-0.3, -0.25) is 0 Å². The van der Waals surface area contributed by atoms with Crippen LogP contribution in [0.2, 0.25) is 0 Å². The molecule has 18 heavy (non-hydrogen) atoms. The second kappa shape index (κ2) is 6.09. The van der Waals surface area contributed by atoms with E-state index in [0.29, 0.717) is 12.2 Å². The van der Waals surface area contributed by atoms with E-state index in [1.165, 1.54) is 4.90 Å². The number of hydrogen-bond donors (Lipinski definition) is 1. The standard InChI is InChI=1S/C13H19F3N2/c1-3-12(17)10-5-7-11(8-6-10)18(4-2)9-13(14,15)16/h5-8,12H,3-4,9,17H2,1-2H3. The fourth-order valence-corrected chi connectivity index (χ4v) is 1.77. The number of benzene rings is 1. The summed E-state index contributed by atoms with van der Waals surface area (Å²) in [5, 5.41) is 0. The molecule has 2 nitrogen and oxygen atoms in total. The second-order valence-corrected chi connectivity index (χ2v) is 4.24. The molecule has 0 saturated carbocycles. The average molecular weight is 260 g/mol. The monoisotopic (exact) mass is 260 g/mol. The Labute approximate surface area is 106 Å². The summed E-state index contributed by atoms with van der Waals surface area (Å²) in [6.45, 7) is 3.07. The highest BCUT2D eigenvalue weighted by molar-refractivity contribution is 5.48. The van der Waals surface area contributed by atoms with Gasteiger partial charge in [0, 0.05) is 18.3 Å². The Morgan fingerprint density at radius 3 is 2.11 bits per heavy atom. The maximum atomic E-state index is 12.4. The molecular formula is C13H19F3N2. The van der Waals surface area contributed by atoms with Gasteiger partial charge in [0.05, 0.1) is 0 Å². The minimum Gasteiger partial charge on any atom is -0.363 e. The van der Waals surface area contributed by atoms with Gasteiger partial charge in [0.15, 0.2) is 0 Å². The molecule has 0 heterocycles. The molecule has 102 valence electrons. The van der Waals surface area contributed by atoms with Crippen molar-refractivity contribution in [3.05, 3.63) is 29.8 Å². The van der Waals surface area contributed by atoms with Gasteiger partial charge in [0.2, 0.25) is 0 Å². The van der Waals surface area contributed by atoms with Crippen LogP contribution in [0.1, 0.15) is 31.9 Å². The molecule has 0 amide bonds. The third-order valence-corrected chi connectivity index (χ3v) is 2.88. The zero-order chi connectivity index (χ0) is 13.8. The summed E-state index contributed by atoms with van der Waals surface area (Å²) in [6, 6.07) is 6.92. The van der Waals surface area contributed by atoms with E-state index in [9.17, 15) is 13.2 Å². The highest BCUT2D eigenvalue weighted by Gasteiger charge is 2.30. The lowest BCUT2D eigenvalue weighted by Crippen LogP contribution is -2.34. The molecule has 1 aromatic carbocycles. The van der Waals surface area contributed by atoms with E-state index in [1.807, 2.05) is 6.92 Å². The van der Waals surface area contributed by atoms with E-state index in [4.69, 9.17) is 5.73 Å². The van der Waals surface area contributed by atoms with Crippen molar-refractivity contribution in [2.45, 2.75) is 32.5 Å². The van der Waals surface area contributed by atoms with Gasteiger partial charge in [0.25, 0.3) is 0 Å². The van der Waals surface area contributed by atoms with Crippen molar-refractivity contribution in [3.63, 3.8) is 0 Å². The van der Waals surface area contributed by atoms with Gasteiger partial charge in [-0.15, -0.1) is 0 Å². The quantitative estimate of drug-likeness (QED) is 0.878. The van der Waals surface area contributed by atoms with Crippen LogP contribution in [-0.4, -0.2) is 19.3 Å². The number of alkyl halides is 3. The van der Waals surface area contributed by atoms with Crippen LogP contribution < -0.4 is 10.6 Å². The van der Waals surface area contributed by atoms with Crippen LogP contribution in [0.25, 0.3) is 0 Å². The predicted molar refractivity (Wildman–Crippen MR) is 67.6 cm³/mol. The molecule has 1 unspecified atom stereocenters. The van der Waals surface area contributed by atoms with E-state index >= 15 is 0 Å². The van der Waals surface area contributed by atoms with Crippen molar-refractivity contribution in [1.29, 1.82) is 0 Å². The Kier molecular flexibility index (Phi) is 5.02. The van der Waals surface area contributed by atoms with Crippen LogP contribution in [0.4, 0.5) is 18.9 Å². The molecule has 0 aromatic heterocycles. The fourth-order valence-electron chi connectivity index (χ4n) is 1.77. The number of rotatable bonds is 5. The molecule has 1 rings (SSSR count). The molecule has 0 aliphatic rings. The summed E-state index contributed by atoms with van der Waals surface area (Å²) in [5.74, 6) is 0. The van der Waals surface area contributed by atoms with Crippen molar-refractivity contribution in [1.82, 2.24) is 0 Å². The van der Waals surface area contributed by atoms with Gasteiger partial charge >= 0.3 is 6.18 Å². The number of halogens is 3. The Balaban J connectivity index is 2.82. The molecule has 0 aliphatic heterocycles. The van der Waals surface area contributed by atoms with Crippen LogP contribution in [0.5, 0.6) is 0 Å². The highest BCUT2D eigenvalue weighted by Crippen LogP contribution is 2.23. The first-order valence-corrected chi connectivity index (χ1v) is 6.04. The first kappa shape index (κ1) is 14.8. The van der Waals surface area contributed by atoms with E-state index in [1.54, 1.807) is 31.2 Å². The fraction of sp³-hybridized carbons (Fsp3) is 0.538. The first-order chi connectivity index (χ1) is 8.37. The lowest BCUT2D eigenvalue weighted by Gasteiger charge is -2.24. The normalized spacial score (nSPS) is 13.4. The van der Waals surface area contributed by atoms with Crippen LogP contribution >= 0.6 is 0 Å². The van der Waals surface area contributed by atoms with Gasteiger partial charge in [-0.05, 0) is 31.0 Å². The van der Waals surface area contributed by atoms with Gasteiger partial charge in [-0.25, -0.2) is 0 Å². The van der Waals surface area contributed by atoms with Crippen molar-refractivity contribution in [2.24, 2.45) is 5.73 Å². The summed E-state index contributed by atoms with van der Waals surface area (Å²) >= 11 is 0. The lowest BCUT2D eigenvalue weighted by molar-refractivity contribution is -0.119. The molecule has 0 bridgehead atoms. The Hall–Kier alpha value is -1.23. The Bertz CT molecular complexity index is 359. The number of hydrogen-bond acceptors (Lipinski definition) is 2. The van der Waals surface area contributed by atoms with E-state index in [-0.39, 0.29) is 6.04 Å². The number of nitrogens with two attached hydrogens (primary N) is 1. The molecule has 1 aromatic rings. The van der Waals surface area contributed by atoms with Crippen molar-refractivity contribution in [3.8, 4) is 0 Å². The largest absolute Gasteiger partial charge is 0.405 e. The first-order valence-electron chi connectivity index (χ1n) is 6.04. The summed E-state index contributed by atoms with van der Waals surface area (Å²) in [4.78, 5) is 1.29. The smallest absolute Gasteiger partial charge is 0.363 e. The van der Waals surface area contributed by atoms with Gasteiger partial charge in [0.1, 0.15) is 6.54 Å². The summed E-state index contributed by atoms with van der Waals surface area (Å²) in [7, 11) is 0. The molecule has 0 saturated heterocycles. The summed E-state index contributed by atoms with van der Waals surface area (Å²) in [6.07, 6.45) is -3.38. The highest BCUT2D eigenvalue weighted by atomic mass is 19.4. The third kappa shape index (κ3) is 4.22. The SMILES string of the molecule is CCC(N)c1ccc(N(CC)CC(F)(F)F)cc1. The van der Waals surface area contributed by atoms with Crippen LogP contribution in [-0.2, 0) is 0 Å². The molecule has 2 N–H and O–H groups in total. The molecule has 0 spiro atoms. The lowest BCUT2D eigenvalue weighted by atomic mass is 10.1. The van der Waals surface area contributed by atoms with Crippen molar-refractivity contribution in [2.75, 3.05) is 18.0 Å². The van der Waals surface area contributed by atoms with Crippen molar-refractivity contribution < 1.29 is 13.2 Å².